The van der Waals surface area contributed by atoms with E-state index in [4.69, 9.17) is 15.0 Å². The third-order valence-electron chi connectivity index (χ3n) is 11.7. The highest BCUT2D eigenvalue weighted by Gasteiger charge is 2.20. The van der Waals surface area contributed by atoms with Crippen LogP contribution in [0.5, 0.6) is 0 Å². The number of benzene rings is 10. The number of fused-ring (bicyclic) bond motifs is 2. The molecule has 11 rings (SSSR count). The van der Waals surface area contributed by atoms with Gasteiger partial charge in [-0.05, 0) is 101 Å². The molecule has 0 aliphatic carbocycles. The van der Waals surface area contributed by atoms with Gasteiger partial charge < -0.3 is 0 Å². The van der Waals surface area contributed by atoms with E-state index in [1.165, 1.54) is 32.7 Å². The minimum absolute atomic E-state index is 0.623. The van der Waals surface area contributed by atoms with E-state index in [-0.39, 0.29) is 0 Å². The first-order chi connectivity index (χ1) is 30.7. The third kappa shape index (κ3) is 7.02. The van der Waals surface area contributed by atoms with Gasteiger partial charge in [0.15, 0.2) is 17.5 Å². The van der Waals surface area contributed by atoms with E-state index in [1.54, 1.807) is 0 Å². The number of aromatic nitrogens is 3. The predicted octanol–water partition coefficient (Wildman–Crippen LogP) is 15.5. The molecule has 0 amide bonds. The van der Waals surface area contributed by atoms with Crippen LogP contribution in [0, 0.1) is 0 Å². The van der Waals surface area contributed by atoms with E-state index in [1.807, 2.05) is 60.7 Å². The Morgan fingerprint density at radius 2 is 0.597 bits per heavy atom. The van der Waals surface area contributed by atoms with Gasteiger partial charge in [-0.2, -0.15) is 0 Å². The lowest BCUT2D eigenvalue weighted by Crippen LogP contribution is -2.00. The summed E-state index contributed by atoms with van der Waals surface area (Å²) in [4.78, 5) is 15.1. The molecule has 0 aliphatic rings. The molecule has 290 valence electrons. The van der Waals surface area contributed by atoms with Crippen LogP contribution in [-0.4, -0.2) is 15.0 Å². The van der Waals surface area contributed by atoms with Crippen LogP contribution in [0.25, 0.3) is 111 Å². The number of nitrogens with zero attached hydrogens (tertiary/aromatic N) is 3. The summed E-state index contributed by atoms with van der Waals surface area (Å²) in [6, 6.07) is 83.9. The first-order valence-electron chi connectivity index (χ1n) is 21.0. The molecule has 1 heterocycles. The van der Waals surface area contributed by atoms with Crippen molar-refractivity contribution in [1.29, 1.82) is 0 Å². The number of hydrogen-bond acceptors (Lipinski definition) is 3. The summed E-state index contributed by atoms with van der Waals surface area (Å²) in [7, 11) is 0. The molecule has 0 spiro atoms. The average molecular weight is 790 g/mol. The number of hydrogen-bond donors (Lipinski definition) is 0. The summed E-state index contributed by atoms with van der Waals surface area (Å²) in [6.45, 7) is 0. The second-order valence-electron chi connectivity index (χ2n) is 15.6. The molecule has 0 N–H and O–H groups in total. The van der Waals surface area contributed by atoms with Crippen molar-refractivity contribution in [3.63, 3.8) is 0 Å². The maximum atomic E-state index is 5.09. The first-order valence-corrected chi connectivity index (χ1v) is 21.0. The smallest absolute Gasteiger partial charge is 0.164 e. The Hall–Kier alpha value is -8.27. The normalized spacial score (nSPS) is 11.2. The molecular formula is C59H39N3. The summed E-state index contributed by atoms with van der Waals surface area (Å²) < 4.78 is 0. The SMILES string of the molecule is c1ccc(-c2nc(-c3ccccc3)nc(-c3cccc(-c4c(-c5ccccc5)cc(-c5ccc(-c6c7ccccc7cc7ccccc67)cc5)cc4-c4ccccc4)c3)n2)cc1. The van der Waals surface area contributed by atoms with Crippen molar-refractivity contribution in [3.8, 4) is 89.8 Å². The molecular weight excluding hydrogens is 751 g/mol. The molecule has 0 fully saturated rings. The van der Waals surface area contributed by atoms with Crippen LogP contribution < -0.4 is 0 Å². The Bertz CT molecular complexity index is 3190. The highest BCUT2D eigenvalue weighted by atomic mass is 15.0. The van der Waals surface area contributed by atoms with Crippen LogP contribution in [0.15, 0.2) is 237 Å². The van der Waals surface area contributed by atoms with Gasteiger partial charge in [0.05, 0.1) is 0 Å². The Kier molecular flexibility index (Phi) is 9.53. The van der Waals surface area contributed by atoms with Gasteiger partial charge in [0.2, 0.25) is 0 Å². The third-order valence-corrected chi connectivity index (χ3v) is 11.7. The van der Waals surface area contributed by atoms with Gasteiger partial charge in [-0.3, -0.25) is 0 Å². The van der Waals surface area contributed by atoms with E-state index in [2.05, 4.69) is 176 Å². The Morgan fingerprint density at radius 3 is 1.10 bits per heavy atom. The molecule has 0 saturated heterocycles. The number of rotatable bonds is 8. The van der Waals surface area contributed by atoms with Crippen molar-refractivity contribution in [3.05, 3.63) is 237 Å². The minimum Gasteiger partial charge on any atom is -0.208 e. The molecule has 3 nitrogen and oxygen atoms in total. The quantitative estimate of drug-likeness (QED) is 0.144. The monoisotopic (exact) mass is 789 g/mol. The molecule has 0 radical (unpaired) electrons. The molecule has 0 unspecified atom stereocenters. The van der Waals surface area contributed by atoms with E-state index < -0.39 is 0 Å². The van der Waals surface area contributed by atoms with Gasteiger partial charge in [0.25, 0.3) is 0 Å². The van der Waals surface area contributed by atoms with Crippen LogP contribution in [0.4, 0.5) is 0 Å². The van der Waals surface area contributed by atoms with Crippen LogP contribution in [0.1, 0.15) is 0 Å². The maximum absolute atomic E-state index is 5.09. The van der Waals surface area contributed by atoms with Crippen molar-refractivity contribution in [2.75, 3.05) is 0 Å². The maximum Gasteiger partial charge on any atom is 0.164 e. The summed E-state index contributed by atoms with van der Waals surface area (Å²) in [5.41, 5.74) is 14.4. The summed E-state index contributed by atoms with van der Waals surface area (Å²) >= 11 is 0. The Morgan fingerprint density at radius 1 is 0.210 bits per heavy atom. The largest absolute Gasteiger partial charge is 0.208 e. The van der Waals surface area contributed by atoms with Gasteiger partial charge in [-0.25, -0.2) is 15.0 Å². The average Bonchev–Trinajstić information content (AvgIpc) is 3.36. The minimum atomic E-state index is 0.623. The van der Waals surface area contributed by atoms with Gasteiger partial charge in [0.1, 0.15) is 0 Å². The van der Waals surface area contributed by atoms with Gasteiger partial charge in [-0.15, -0.1) is 0 Å². The summed E-state index contributed by atoms with van der Waals surface area (Å²) in [6.07, 6.45) is 0. The molecule has 0 bridgehead atoms. The van der Waals surface area contributed by atoms with Crippen LogP contribution in [0.2, 0.25) is 0 Å². The second kappa shape index (κ2) is 16.1. The second-order valence-corrected chi connectivity index (χ2v) is 15.6. The Labute approximate surface area is 361 Å². The van der Waals surface area contributed by atoms with Crippen LogP contribution >= 0.6 is 0 Å². The van der Waals surface area contributed by atoms with Gasteiger partial charge >= 0.3 is 0 Å². The molecule has 11 aromatic rings. The predicted molar refractivity (Wildman–Crippen MR) is 258 cm³/mol. The fraction of sp³-hybridized carbons (Fsp3) is 0. The van der Waals surface area contributed by atoms with E-state index >= 15 is 0 Å². The Balaban J connectivity index is 1.09. The molecule has 3 heteroatoms. The van der Waals surface area contributed by atoms with Crippen molar-refractivity contribution >= 4 is 21.5 Å². The molecule has 0 saturated carbocycles. The van der Waals surface area contributed by atoms with E-state index in [0.717, 1.165) is 61.2 Å². The van der Waals surface area contributed by atoms with Crippen LogP contribution in [0.3, 0.4) is 0 Å². The topological polar surface area (TPSA) is 38.7 Å². The van der Waals surface area contributed by atoms with Crippen molar-refractivity contribution < 1.29 is 0 Å². The molecule has 0 atom stereocenters. The fourth-order valence-electron chi connectivity index (χ4n) is 8.72. The zero-order valence-electron chi connectivity index (χ0n) is 33.9. The molecule has 0 aliphatic heterocycles. The zero-order chi connectivity index (χ0) is 41.2. The lowest BCUT2D eigenvalue weighted by Gasteiger charge is -2.20. The van der Waals surface area contributed by atoms with Gasteiger partial charge in [-0.1, -0.05) is 212 Å². The van der Waals surface area contributed by atoms with E-state index in [0.29, 0.717) is 17.5 Å². The molecule has 1 aromatic heterocycles. The van der Waals surface area contributed by atoms with Crippen molar-refractivity contribution in [2.45, 2.75) is 0 Å². The highest BCUT2D eigenvalue weighted by Crippen LogP contribution is 2.45. The molecule has 62 heavy (non-hydrogen) atoms. The lowest BCUT2D eigenvalue weighted by molar-refractivity contribution is 1.07. The summed E-state index contributed by atoms with van der Waals surface area (Å²) in [5.74, 6) is 1.90. The first kappa shape index (κ1) is 36.8. The van der Waals surface area contributed by atoms with Crippen LogP contribution in [-0.2, 0) is 0 Å². The molecule has 10 aromatic carbocycles. The van der Waals surface area contributed by atoms with Gasteiger partial charge in [0, 0.05) is 16.7 Å². The van der Waals surface area contributed by atoms with Crippen molar-refractivity contribution in [2.24, 2.45) is 0 Å². The highest BCUT2D eigenvalue weighted by molar-refractivity contribution is 6.12. The fourth-order valence-corrected chi connectivity index (χ4v) is 8.72. The van der Waals surface area contributed by atoms with E-state index in [9.17, 15) is 0 Å². The lowest BCUT2D eigenvalue weighted by atomic mass is 9.84. The summed E-state index contributed by atoms with van der Waals surface area (Å²) in [5, 5.41) is 5.00. The zero-order valence-corrected chi connectivity index (χ0v) is 33.9. The van der Waals surface area contributed by atoms with Crippen molar-refractivity contribution in [1.82, 2.24) is 15.0 Å². The standard InChI is InChI=1S/C59H39N3/c1-5-18-41(19-6-1)53-38-50(40-32-34-43(35-33-40)55-51-30-15-13-26-46(51)36-47-27-14-16-31-52(47)55)39-54(42-20-7-2-8-21-42)56(53)48-28-17-29-49(37-48)59-61-57(44-22-9-3-10-23-44)60-58(62-59)45-24-11-4-12-25-45/h1-39H.